The maximum atomic E-state index is 13.2. The molecule has 2 aromatic carbocycles. The summed E-state index contributed by atoms with van der Waals surface area (Å²) in [6, 6.07) is 13.2. The molecule has 0 aliphatic heterocycles. The van der Waals surface area contributed by atoms with Gasteiger partial charge in [0.1, 0.15) is 11.4 Å². The Hall–Kier alpha value is -3.40. The number of carbonyl (C=O) groups is 1. The maximum Gasteiger partial charge on any atom is 0.418 e. The Bertz CT molecular complexity index is 1330. The number of hydrogen-bond acceptors (Lipinski definition) is 4. The molecule has 6 nitrogen and oxygen atoms in total. The molecule has 3 rings (SSSR count). The summed E-state index contributed by atoms with van der Waals surface area (Å²) in [5.74, 6) is -0.904. The van der Waals surface area contributed by atoms with Crippen molar-refractivity contribution < 1.29 is 26.4 Å². The molecule has 0 atom stereocenters. The summed E-state index contributed by atoms with van der Waals surface area (Å²) in [6.07, 6.45) is -4.68. The summed E-state index contributed by atoms with van der Waals surface area (Å²) in [5.41, 5.74) is -1.92. The van der Waals surface area contributed by atoms with Crippen LogP contribution in [0, 0.1) is 13.8 Å². The number of para-hydroxylation sites is 1. The third kappa shape index (κ3) is 4.59. The summed E-state index contributed by atoms with van der Waals surface area (Å²) in [7, 11) is -4.17. The van der Waals surface area contributed by atoms with Crippen LogP contribution in [0.5, 0.6) is 0 Å². The molecule has 10 heteroatoms. The van der Waals surface area contributed by atoms with Gasteiger partial charge in [-0.25, -0.2) is 8.42 Å². The average molecular weight is 464 g/mol. The fraction of sp³-hybridized carbons (Fsp3) is 0.182. The molecule has 0 unspecified atom stereocenters. The Morgan fingerprint density at radius 3 is 2.22 bits per heavy atom. The van der Waals surface area contributed by atoms with Crippen LogP contribution in [0.1, 0.15) is 16.8 Å². The van der Waals surface area contributed by atoms with Crippen LogP contribution in [0.4, 0.5) is 18.9 Å². The summed E-state index contributed by atoms with van der Waals surface area (Å²) >= 11 is 0. The number of pyridine rings is 1. The molecule has 0 aliphatic rings. The summed E-state index contributed by atoms with van der Waals surface area (Å²) < 4.78 is 66.5. The van der Waals surface area contributed by atoms with Crippen molar-refractivity contribution in [3.8, 4) is 0 Å². The number of carbonyl (C=O) groups excluding carboxylic acids is 1. The molecule has 0 saturated carbocycles. The van der Waals surface area contributed by atoms with Gasteiger partial charge in [0, 0.05) is 5.69 Å². The molecular weight excluding hydrogens is 445 g/mol. The first kappa shape index (κ1) is 23.3. The summed E-state index contributed by atoms with van der Waals surface area (Å²) in [4.78, 5) is 25.0. The molecule has 0 fully saturated rings. The number of benzene rings is 2. The highest BCUT2D eigenvalue weighted by Gasteiger charge is 2.33. The van der Waals surface area contributed by atoms with E-state index in [4.69, 9.17) is 0 Å². The second-order valence-corrected chi connectivity index (χ2v) is 8.98. The molecule has 168 valence electrons. The number of nitrogens with zero attached hydrogens (tertiary/aromatic N) is 1. The van der Waals surface area contributed by atoms with Gasteiger partial charge in [0.2, 0.25) is 15.7 Å². The van der Waals surface area contributed by atoms with Gasteiger partial charge >= 0.3 is 6.18 Å². The predicted molar refractivity (Wildman–Crippen MR) is 112 cm³/mol. The Labute approximate surface area is 182 Å². The smallest absolute Gasteiger partial charge is 0.324 e. The molecular formula is C22H19F3N2O4S. The highest BCUT2D eigenvalue weighted by molar-refractivity contribution is 7.91. The summed E-state index contributed by atoms with van der Waals surface area (Å²) in [5, 5.41) is 2.16. The third-order valence-electron chi connectivity index (χ3n) is 4.78. The van der Waals surface area contributed by atoms with Crippen LogP contribution in [0.25, 0.3) is 0 Å². The van der Waals surface area contributed by atoms with E-state index in [9.17, 15) is 31.2 Å². The van der Waals surface area contributed by atoms with Crippen molar-refractivity contribution in [2.75, 3.05) is 5.32 Å². The lowest BCUT2D eigenvalue weighted by Crippen LogP contribution is -2.33. The molecule has 3 aromatic rings. The lowest BCUT2D eigenvalue weighted by Gasteiger charge is -2.16. The number of anilines is 1. The van der Waals surface area contributed by atoms with Crippen molar-refractivity contribution in [1.82, 2.24) is 4.57 Å². The number of hydrogen-bond donors (Lipinski definition) is 1. The van der Waals surface area contributed by atoms with Crippen molar-refractivity contribution in [3.63, 3.8) is 0 Å². The first-order valence-corrected chi connectivity index (χ1v) is 10.9. The minimum Gasteiger partial charge on any atom is -0.324 e. The normalized spacial score (nSPS) is 11.9. The van der Waals surface area contributed by atoms with E-state index < -0.39 is 50.2 Å². The number of sulfone groups is 1. The van der Waals surface area contributed by atoms with E-state index in [2.05, 4.69) is 5.32 Å². The molecule has 1 aromatic heterocycles. The van der Waals surface area contributed by atoms with Crippen LogP contribution in [0.3, 0.4) is 0 Å². The second-order valence-electron chi connectivity index (χ2n) is 7.10. The van der Waals surface area contributed by atoms with E-state index in [1.165, 1.54) is 56.3 Å². The molecule has 1 heterocycles. The Balaban J connectivity index is 2.00. The number of halogens is 3. The Morgan fingerprint density at radius 2 is 1.59 bits per heavy atom. The average Bonchev–Trinajstić information content (AvgIpc) is 2.71. The van der Waals surface area contributed by atoms with Gasteiger partial charge in [-0.2, -0.15) is 13.2 Å². The number of rotatable bonds is 5. The first-order valence-electron chi connectivity index (χ1n) is 9.40. The minimum absolute atomic E-state index is 0.0841. The van der Waals surface area contributed by atoms with Gasteiger partial charge in [-0.05, 0) is 49.7 Å². The van der Waals surface area contributed by atoms with Crippen molar-refractivity contribution in [3.05, 3.63) is 87.8 Å². The molecule has 0 saturated heterocycles. The van der Waals surface area contributed by atoms with E-state index in [1.807, 2.05) is 0 Å². The van der Waals surface area contributed by atoms with Crippen LogP contribution in [0.15, 0.2) is 75.2 Å². The Kier molecular flexibility index (Phi) is 6.27. The van der Waals surface area contributed by atoms with Gasteiger partial charge in [-0.15, -0.1) is 0 Å². The molecule has 32 heavy (non-hydrogen) atoms. The van der Waals surface area contributed by atoms with Gasteiger partial charge in [-0.3, -0.25) is 9.59 Å². The molecule has 0 bridgehead atoms. The van der Waals surface area contributed by atoms with Crippen LogP contribution in [-0.2, 0) is 27.4 Å². The number of amides is 1. The fourth-order valence-electron chi connectivity index (χ4n) is 3.32. The third-order valence-corrected chi connectivity index (χ3v) is 6.71. The van der Waals surface area contributed by atoms with Gasteiger partial charge < -0.3 is 9.88 Å². The van der Waals surface area contributed by atoms with Crippen LogP contribution >= 0.6 is 0 Å². The molecule has 1 N–H and O–H groups in total. The topological polar surface area (TPSA) is 85.2 Å². The zero-order chi connectivity index (χ0) is 23.7. The lowest BCUT2D eigenvalue weighted by molar-refractivity contribution is -0.137. The van der Waals surface area contributed by atoms with Crippen molar-refractivity contribution in [2.24, 2.45) is 0 Å². The predicted octanol–water partition coefficient (Wildman–Crippen LogP) is 3.96. The summed E-state index contributed by atoms with van der Waals surface area (Å²) in [6.45, 7) is 2.31. The van der Waals surface area contributed by atoms with E-state index in [0.717, 1.165) is 16.7 Å². The Morgan fingerprint density at radius 1 is 1.00 bits per heavy atom. The maximum absolute atomic E-state index is 13.2. The SMILES string of the molecule is Cc1cc(C)n(CC(=O)Nc2ccccc2C(F)(F)F)c(=O)c1S(=O)(=O)c1ccccc1. The zero-order valence-electron chi connectivity index (χ0n) is 17.1. The van der Waals surface area contributed by atoms with Crippen molar-refractivity contribution in [2.45, 2.75) is 36.4 Å². The number of aryl methyl sites for hydroxylation is 2. The standard InChI is InChI=1S/C22H19F3N2O4S/c1-14-12-15(2)27(21(29)20(14)32(30,31)16-8-4-3-5-9-16)13-19(28)26-18-11-7-6-10-17(18)22(23,24)25/h3-12H,13H2,1-2H3,(H,26,28). The molecule has 1 amide bonds. The lowest BCUT2D eigenvalue weighted by atomic mass is 10.1. The van der Waals surface area contributed by atoms with Gasteiger partial charge in [-0.1, -0.05) is 30.3 Å². The second kappa shape index (κ2) is 8.62. The zero-order valence-corrected chi connectivity index (χ0v) is 17.9. The van der Waals surface area contributed by atoms with E-state index in [-0.39, 0.29) is 10.5 Å². The minimum atomic E-state index is -4.68. The fourth-order valence-corrected chi connectivity index (χ4v) is 4.90. The van der Waals surface area contributed by atoms with Crippen LogP contribution < -0.4 is 10.9 Å². The highest BCUT2D eigenvalue weighted by Crippen LogP contribution is 2.34. The molecule has 0 aliphatic carbocycles. The molecule has 0 radical (unpaired) electrons. The van der Waals surface area contributed by atoms with E-state index >= 15 is 0 Å². The van der Waals surface area contributed by atoms with Crippen LogP contribution in [0.2, 0.25) is 0 Å². The van der Waals surface area contributed by atoms with Crippen molar-refractivity contribution >= 4 is 21.4 Å². The highest BCUT2D eigenvalue weighted by atomic mass is 32.2. The van der Waals surface area contributed by atoms with E-state index in [0.29, 0.717) is 5.69 Å². The molecule has 0 spiro atoms. The van der Waals surface area contributed by atoms with E-state index in [1.54, 1.807) is 6.07 Å². The van der Waals surface area contributed by atoms with Crippen LogP contribution in [-0.4, -0.2) is 18.9 Å². The van der Waals surface area contributed by atoms with Gasteiger partial charge in [0.15, 0.2) is 0 Å². The van der Waals surface area contributed by atoms with Gasteiger partial charge in [0.05, 0.1) is 16.1 Å². The quantitative estimate of drug-likeness (QED) is 0.620. The largest absolute Gasteiger partial charge is 0.418 e. The number of alkyl halides is 3. The monoisotopic (exact) mass is 464 g/mol. The number of aromatic nitrogens is 1. The number of nitrogens with one attached hydrogen (secondary N) is 1. The van der Waals surface area contributed by atoms with Crippen molar-refractivity contribution in [1.29, 1.82) is 0 Å². The first-order chi connectivity index (χ1) is 14.9. The van der Waals surface area contributed by atoms with Gasteiger partial charge in [0.25, 0.3) is 5.56 Å².